The van der Waals surface area contributed by atoms with Crippen LogP contribution in [0.5, 0.6) is 0 Å². The second-order valence-corrected chi connectivity index (χ2v) is 4.52. The smallest absolute Gasteiger partial charge is 0.0531 e. The third kappa shape index (κ3) is 2.06. The lowest BCUT2D eigenvalue weighted by Crippen LogP contribution is -2.10. The molecule has 0 N–H and O–H groups in total. The Kier molecular flexibility index (Phi) is 1.24. The summed E-state index contributed by atoms with van der Waals surface area (Å²) < 4.78 is 73.4. The molecule has 0 saturated carbocycles. The summed E-state index contributed by atoms with van der Waals surface area (Å²) in [5, 5.41) is 0.287. The van der Waals surface area contributed by atoms with Crippen molar-refractivity contribution < 1.29 is 12.3 Å². The van der Waals surface area contributed by atoms with Crippen LogP contribution in [-0.2, 0) is 5.41 Å². The predicted molar refractivity (Wildman–Crippen MR) is 82.0 cm³/mol. The van der Waals surface area contributed by atoms with Crippen molar-refractivity contribution in [3.63, 3.8) is 0 Å². The molecule has 0 saturated heterocycles. The largest absolute Gasteiger partial charge is 0.316 e. The fourth-order valence-electron chi connectivity index (χ4n) is 2.28. The molecule has 0 atom stereocenters. The van der Waals surface area contributed by atoms with E-state index in [2.05, 4.69) is 0 Å². The molecule has 0 amide bonds. The van der Waals surface area contributed by atoms with Gasteiger partial charge >= 0.3 is 0 Å². The van der Waals surface area contributed by atoms with E-state index in [0.29, 0.717) is 11.2 Å². The van der Waals surface area contributed by atoms with Crippen LogP contribution in [0, 0.1) is 0 Å². The van der Waals surface area contributed by atoms with Gasteiger partial charge in [-0.2, -0.15) is 0 Å². The average Bonchev–Trinajstić information content (AvgIpc) is 2.92. The minimum absolute atomic E-state index is 0.230. The van der Waals surface area contributed by atoms with Gasteiger partial charge in [0.05, 0.1) is 5.52 Å². The van der Waals surface area contributed by atoms with Crippen LogP contribution in [0.1, 0.15) is 38.5 Å². The van der Waals surface area contributed by atoms with Gasteiger partial charge in [-0.1, -0.05) is 57.0 Å². The van der Waals surface area contributed by atoms with Gasteiger partial charge in [-0.3, -0.25) is 0 Å². The molecule has 96 valence electrons. The van der Waals surface area contributed by atoms with Crippen LogP contribution in [-0.4, -0.2) is 4.57 Å². The van der Waals surface area contributed by atoms with Gasteiger partial charge in [0.25, 0.3) is 0 Å². The van der Waals surface area contributed by atoms with Crippen LogP contribution in [0.15, 0.2) is 60.8 Å². The zero-order chi connectivity index (χ0) is 21.0. The highest BCUT2D eigenvalue weighted by Gasteiger charge is 2.20. The molecule has 1 aromatic heterocycles. The van der Waals surface area contributed by atoms with Gasteiger partial charge in [0, 0.05) is 29.6 Å². The lowest BCUT2D eigenvalue weighted by Gasteiger charge is -2.17. The molecule has 0 aliphatic heterocycles. The monoisotopic (exact) mass is 258 g/mol. The Morgan fingerprint density at radius 3 is 2.32 bits per heavy atom. The highest BCUT2D eigenvalue weighted by molar-refractivity contribution is 5.86. The van der Waals surface area contributed by atoms with Crippen molar-refractivity contribution in [3.05, 3.63) is 66.4 Å². The van der Waals surface area contributed by atoms with Crippen molar-refractivity contribution in [2.24, 2.45) is 0 Å². The van der Waals surface area contributed by atoms with Gasteiger partial charge in [0.2, 0.25) is 0 Å². The highest BCUT2D eigenvalue weighted by atomic mass is 15.0. The minimum atomic E-state index is -3.30. The van der Waals surface area contributed by atoms with Crippen LogP contribution >= 0.6 is 0 Å². The van der Waals surface area contributed by atoms with Crippen LogP contribution < -0.4 is 0 Å². The van der Waals surface area contributed by atoms with E-state index in [1.165, 1.54) is 6.20 Å². The van der Waals surface area contributed by atoms with Gasteiger partial charge < -0.3 is 4.57 Å². The lowest BCUT2D eigenvalue weighted by atomic mass is 9.87. The maximum absolute atomic E-state index is 7.98. The number of fused-ring (bicyclic) bond motifs is 1. The van der Waals surface area contributed by atoms with Crippen LogP contribution in [0.2, 0.25) is 0 Å². The van der Waals surface area contributed by atoms with Crippen molar-refractivity contribution in [2.45, 2.75) is 26.0 Å². The van der Waals surface area contributed by atoms with Gasteiger partial charge in [0.15, 0.2) is 0 Å². The molecule has 3 rings (SSSR count). The summed E-state index contributed by atoms with van der Waals surface area (Å²) in [4.78, 5) is 0. The molecule has 1 nitrogen and oxygen atoms in total. The normalized spacial score (nSPS) is 20.9. The van der Waals surface area contributed by atoms with Crippen molar-refractivity contribution in [2.75, 3.05) is 0 Å². The Morgan fingerprint density at radius 2 is 1.58 bits per heavy atom. The number of hydrogen-bond donors (Lipinski definition) is 0. The van der Waals surface area contributed by atoms with Crippen molar-refractivity contribution >= 4 is 10.9 Å². The van der Waals surface area contributed by atoms with Gasteiger partial charge in [-0.05, 0) is 29.2 Å². The molecule has 3 aromatic rings. The number of para-hydroxylation sites is 2. The summed E-state index contributed by atoms with van der Waals surface area (Å²) in [6.07, 6.45) is 1.34. The maximum Gasteiger partial charge on any atom is 0.0531 e. The van der Waals surface area contributed by atoms with Gasteiger partial charge in [-0.15, -0.1) is 0 Å². The summed E-state index contributed by atoms with van der Waals surface area (Å²) in [5.41, 5.74) is -2.06. The van der Waals surface area contributed by atoms with E-state index in [1.54, 1.807) is 53.1 Å². The molecule has 0 spiro atoms. The van der Waals surface area contributed by atoms with E-state index < -0.39 is 26.0 Å². The van der Waals surface area contributed by atoms with Gasteiger partial charge in [0.1, 0.15) is 0 Å². The van der Waals surface area contributed by atoms with E-state index in [0.717, 1.165) is 0 Å². The average molecular weight is 258 g/mol. The molecule has 0 bridgehead atoms. The fourth-order valence-corrected chi connectivity index (χ4v) is 2.28. The first-order valence-corrected chi connectivity index (χ1v) is 5.98. The highest BCUT2D eigenvalue weighted by Crippen LogP contribution is 2.33. The Labute approximate surface area is 127 Å². The molecule has 1 heterocycles. The molecule has 0 aliphatic carbocycles. The first-order valence-electron chi connectivity index (χ1n) is 10.5. The molecule has 2 aromatic carbocycles. The second kappa shape index (κ2) is 4.27. The van der Waals surface area contributed by atoms with E-state index in [1.807, 2.05) is 6.07 Å². The van der Waals surface area contributed by atoms with E-state index >= 15 is 0 Å². The molecule has 1 heteroatoms. The number of benzene rings is 2. The topological polar surface area (TPSA) is 4.93 Å². The molecule has 0 aliphatic rings. The fraction of sp³-hybridized carbons (Fsp3) is 0.222. The molecule has 0 fully saturated rings. The maximum atomic E-state index is 7.98. The number of aromatic nitrogens is 1. The summed E-state index contributed by atoms with van der Waals surface area (Å²) in [6.45, 7) is -9.89. The standard InChI is InChI=1S/C18H19N/c1-18(2,3)16-13-19(14-9-5-4-6-10-14)17-12-8-7-11-15(16)17/h4-13H,1-3H3/i1D3,2D3,3D3. The van der Waals surface area contributed by atoms with Crippen LogP contribution in [0.25, 0.3) is 16.6 Å². The second-order valence-electron chi connectivity index (χ2n) is 4.52. The van der Waals surface area contributed by atoms with Crippen molar-refractivity contribution in [1.29, 1.82) is 0 Å². The molecular formula is C18H19N. The quantitative estimate of drug-likeness (QED) is 0.583. The zero-order valence-electron chi connectivity index (χ0n) is 19.2. The van der Waals surface area contributed by atoms with Crippen molar-refractivity contribution in [1.82, 2.24) is 4.57 Å². The first-order chi connectivity index (χ1) is 12.8. The SMILES string of the molecule is [2H]C([2H])([2H])C(c1cn(-c2ccccc2)c2ccccc12)(C([2H])([2H])[2H])C([2H])([2H])[2H]. The molecular weight excluding hydrogens is 230 g/mol. The zero-order valence-corrected chi connectivity index (χ0v) is 10.2. The van der Waals surface area contributed by atoms with Gasteiger partial charge in [-0.25, -0.2) is 0 Å². The minimum Gasteiger partial charge on any atom is -0.316 e. The third-order valence-electron chi connectivity index (χ3n) is 3.15. The summed E-state index contributed by atoms with van der Waals surface area (Å²) in [5.74, 6) is 0. The Morgan fingerprint density at radius 1 is 0.895 bits per heavy atom. The molecule has 0 unspecified atom stereocenters. The lowest BCUT2D eigenvalue weighted by molar-refractivity contribution is 0.594. The number of rotatable bonds is 1. The van der Waals surface area contributed by atoms with Crippen LogP contribution in [0.3, 0.4) is 0 Å². The Hall–Kier alpha value is -2.02. The molecule has 0 radical (unpaired) electrons. The predicted octanol–water partition coefficient (Wildman–Crippen LogP) is 4.93. The number of hydrogen-bond acceptors (Lipinski definition) is 0. The molecule has 19 heavy (non-hydrogen) atoms. The van der Waals surface area contributed by atoms with Crippen LogP contribution in [0.4, 0.5) is 0 Å². The Balaban J connectivity index is 2.50. The van der Waals surface area contributed by atoms with E-state index in [-0.39, 0.29) is 10.9 Å². The first kappa shape index (κ1) is 5.54. The van der Waals surface area contributed by atoms with Crippen molar-refractivity contribution in [3.8, 4) is 5.69 Å². The summed E-state index contributed by atoms with van der Waals surface area (Å²) in [7, 11) is 0. The Bertz CT molecular complexity index is 942. The summed E-state index contributed by atoms with van der Waals surface area (Å²) >= 11 is 0. The number of nitrogens with zero attached hydrogens (tertiary/aromatic N) is 1. The van der Waals surface area contributed by atoms with E-state index in [4.69, 9.17) is 12.3 Å². The van der Waals surface area contributed by atoms with E-state index in [9.17, 15) is 0 Å². The summed E-state index contributed by atoms with van der Waals surface area (Å²) in [6, 6.07) is 15.6. The third-order valence-corrected chi connectivity index (χ3v) is 3.15.